The minimum atomic E-state index is -0.877. The molecule has 0 atom stereocenters. The van der Waals surface area contributed by atoms with E-state index in [1.165, 1.54) is 63.7 Å². The van der Waals surface area contributed by atoms with Crippen molar-refractivity contribution in [1.82, 2.24) is 0 Å². The second-order valence-corrected chi connectivity index (χ2v) is 27.8. The van der Waals surface area contributed by atoms with Crippen molar-refractivity contribution in [2.24, 2.45) is 0 Å². The normalized spacial score (nSPS) is 10.3. The number of rotatable bonds is 12. The summed E-state index contributed by atoms with van der Waals surface area (Å²) in [6.45, 7) is 0. The van der Waals surface area contributed by atoms with Crippen molar-refractivity contribution in [1.29, 1.82) is 0 Å². The van der Waals surface area contributed by atoms with Crippen LogP contribution in [0.3, 0.4) is 0 Å². The monoisotopic (exact) mass is 1190 g/mol. The maximum absolute atomic E-state index is 2.24. The van der Waals surface area contributed by atoms with Crippen molar-refractivity contribution in [3.8, 4) is 0 Å². The number of benzene rings is 12. The van der Waals surface area contributed by atoms with Gasteiger partial charge in [0.1, 0.15) is 63.7 Å². The van der Waals surface area contributed by atoms with Crippen LogP contribution in [0.2, 0.25) is 0 Å². The topological polar surface area (TPSA) is 0 Å². The molecular weight excluding hydrogens is 1130 g/mol. The summed E-state index contributed by atoms with van der Waals surface area (Å²) in [5, 5.41) is 17.2. The summed E-state index contributed by atoms with van der Waals surface area (Å²) in [6.07, 6.45) is 0. The molecule has 0 aliphatic rings. The van der Waals surface area contributed by atoms with Gasteiger partial charge in [-0.25, -0.2) is 0 Å². The van der Waals surface area contributed by atoms with Crippen molar-refractivity contribution >= 4 is 108 Å². The van der Waals surface area contributed by atoms with Crippen LogP contribution in [-0.4, -0.2) is 0 Å². The Morgan fingerprint density at radius 2 is 0.179 bits per heavy atom. The van der Waals surface area contributed by atoms with Crippen LogP contribution < -0.4 is 63.7 Å². The van der Waals surface area contributed by atoms with Gasteiger partial charge in [-0.05, 0) is 146 Å². The van der Waals surface area contributed by atoms with E-state index in [1.54, 1.807) is 0 Å². The molecule has 0 amide bonds. The molecule has 386 valence electrons. The number of hydrogen-bond acceptors (Lipinski definition) is 0. The minimum Gasteiger partial charge on any atom is -0.147 e. The van der Waals surface area contributed by atoms with Crippen molar-refractivity contribution in [3.63, 3.8) is 0 Å². The van der Waals surface area contributed by atoms with E-state index < -0.39 is 31.7 Å². The SMILES string of the molecule is Cl.[Pd].c1ccc([PH+](c2ccccc2)c2ccccc2)cc1.c1ccc([PH+](c2ccccc2)c2ccccc2)cc1.c1ccc([PH+](c2ccccc2)c2ccccc2)cc1.c1ccc([PH+](c2ccccc2)c2ccccc2)cc1. The van der Waals surface area contributed by atoms with Crippen molar-refractivity contribution in [3.05, 3.63) is 364 Å². The number of hydrogen-bond donors (Lipinski definition) is 0. The van der Waals surface area contributed by atoms with Gasteiger partial charge >= 0.3 is 0 Å². The van der Waals surface area contributed by atoms with Gasteiger partial charge in [0.15, 0.2) is 0 Å². The van der Waals surface area contributed by atoms with Gasteiger partial charge in [0.2, 0.25) is 0 Å². The second kappa shape index (κ2) is 32.9. The molecule has 0 saturated heterocycles. The predicted molar refractivity (Wildman–Crippen MR) is 353 cm³/mol. The molecule has 12 aromatic rings. The van der Waals surface area contributed by atoms with Crippen molar-refractivity contribution < 1.29 is 20.4 Å². The van der Waals surface area contributed by atoms with Crippen LogP contribution in [0.5, 0.6) is 0 Å². The van der Waals surface area contributed by atoms with Gasteiger partial charge < -0.3 is 0 Å². The van der Waals surface area contributed by atoms with Crippen LogP contribution in [0.4, 0.5) is 0 Å². The molecule has 12 rings (SSSR count). The average Bonchev–Trinajstić information content (AvgIpc) is 3.51. The summed E-state index contributed by atoms with van der Waals surface area (Å²) in [5.74, 6) is 0. The summed E-state index contributed by atoms with van der Waals surface area (Å²) in [7, 11) is -3.51. The molecule has 6 heteroatoms. The largest absolute Gasteiger partial charge is 0.147 e. The Morgan fingerprint density at radius 1 is 0.115 bits per heavy atom. The average molecular weight is 1200 g/mol. The van der Waals surface area contributed by atoms with Gasteiger partial charge in [0, 0.05) is 20.4 Å². The summed E-state index contributed by atoms with van der Waals surface area (Å²) in [5.41, 5.74) is 0. The molecular formula is C72H65ClP4Pd+4. The minimum absolute atomic E-state index is 0. The first-order valence-corrected chi connectivity index (χ1v) is 31.9. The van der Waals surface area contributed by atoms with Gasteiger partial charge in [-0.15, -0.1) is 12.4 Å². The van der Waals surface area contributed by atoms with E-state index in [9.17, 15) is 0 Å². The van der Waals surface area contributed by atoms with Gasteiger partial charge in [-0.1, -0.05) is 218 Å². The first-order valence-electron chi connectivity index (χ1n) is 25.9. The van der Waals surface area contributed by atoms with E-state index in [-0.39, 0.29) is 32.8 Å². The predicted octanol–water partition coefficient (Wildman–Crippen LogP) is 13.1. The van der Waals surface area contributed by atoms with Crippen LogP contribution in [-0.2, 0) is 20.4 Å². The molecule has 0 spiro atoms. The summed E-state index contributed by atoms with van der Waals surface area (Å²) < 4.78 is 0. The summed E-state index contributed by atoms with van der Waals surface area (Å²) in [4.78, 5) is 0. The molecule has 0 aliphatic heterocycles. The molecule has 0 unspecified atom stereocenters. The molecule has 12 aromatic carbocycles. The van der Waals surface area contributed by atoms with Crippen LogP contribution in [0.15, 0.2) is 364 Å². The Bertz CT molecular complexity index is 2580. The van der Waals surface area contributed by atoms with E-state index in [2.05, 4.69) is 364 Å². The fourth-order valence-electron chi connectivity index (χ4n) is 9.26. The van der Waals surface area contributed by atoms with Crippen molar-refractivity contribution in [2.75, 3.05) is 0 Å². The van der Waals surface area contributed by atoms with Gasteiger partial charge in [0.25, 0.3) is 0 Å². The Hall–Kier alpha value is -6.69. The Balaban J connectivity index is 0.000000149. The van der Waals surface area contributed by atoms with Crippen LogP contribution >= 0.6 is 44.1 Å². The first-order chi connectivity index (χ1) is 37.8. The van der Waals surface area contributed by atoms with E-state index in [0.717, 1.165) is 0 Å². The van der Waals surface area contributed by atoms with Crippen LogP contribution in [0.25, 0.3) is 0 Å². The molecule has 0 bridgehead atoms. The zero-order valence-corrected chi connectivity index (χ0v) is 49.7. The van der Waals surface area contributed by atoms with Gasteiger partial charge in [-0.3, -0.25) is 0 Å². The number of halogens is 1. The Morgan fingerprint density at radius 3 is 0.244 bits per heavy atom. The van der Waals surface area contributed by atoms with E-state index in [0.29, 0.717) is 0 Å². The van der Waals surface area contributed by atoms with Gasteiger partial charge in [-0.2, -0.15) is 0 Å². The van der Waals surface area contributed by atoms with Crippen LogP contribution in [0, 0.1) is 0 Å². The molecule has 0 nitrogen and oxygen atoms in total. The fourth-order valence-corrected chi connectivity index (χ4v) is 19.6. The molecule has 0 aliphatic carbocycles. The molecule has 0 radical (unpaired) electrons. The standard InChI is InChI=1S/4C18H15P.ClH.Pd/c4*1-4-10-16(11-5-1)19(17-12-6-2-7-13-17)18-14-8-3-9-15-18;;/h4*1-15H;1H;/p+4. The Labute approximate surface area is 488 Å². The molecule has 0 aromatic heterocycles. The third kappa shape index (κ3) is 17.2. The molecule has 78 heavy (non-hydrogen) atoms. The third-order valence-electron chi connectivity index (χ3n) is 12.7. The van der Waals surface area contributed by atoms with E-state index >= 15 is 0 Å². The second-order valence-electron chi connectivity index (χ2n) is 17.9. The third-order valence-corrected chi connectivity index (χ3v) is 23.7. The zero-order chi connectivity index (χ0) is 51.7. The van der Waals surface area contributed by atoms with Crippen LogP contribution in [0.1, 0.15) is 0 Å². The van der Waals surface area contributed by atoms with E-state index in [1.807, 2.05) is 0 Å². The maximum Gasteiger partial charge on any atom is 0.102 e. The quantitative estimate of drug-likeness (QED) is 0.0845. The van der Waals surface area contributed by atoms with E-state index in [4.69, 9.17) is 0 Å². The first kappa shape index (κ1) is 59.0. The summed E-state index contributed by atoms with van der Waals surface area (Å²) >= 11 is 0. The summed E-state index contributed by atoms with van der Waals surface area (Å²) in [6, 6.07) is 130. The molecule has 0 N–H and O–H groups in total. The van der Waals surface area contributed by atoms with Crippen molar-refractivity contribution in [2.45, 2.75) is 0 Å². The molecule has 0 heterocycles. The maximum atomic E-state index is 2.24. The smallest absolute Gasteiger partial charge is 0.102 e. The fraction of sp³-hybridized carbons (Fsp3) is 0. The molecule has 0 fully saturated rings. The van der Waals surface area contributed by atoms with Gasteiger partial charge in [0.05, 0.1) is 31.7 Å². The zero-order valence-electron chi connectivity index (χ0n) is 43.4. The Kier molecular flexibility index (Phi) is 24.9. The molecule has 0 saturated carbocycles.